The highest BCUT2D eigenvalue weighted by molar-refractivity contribution is 7.11. The standard InChI is InChI=1S/C34H29ClFN7O6S/c1-48-33(46)28-26(39-30(31-37-10-13-50-31)40-29(28)24-8-4-20(36)14-25(24)35)18-41-11-12-42-22(16-41)17-43(34(42)47)21-5-9-27(38-15-21)49-23-6-2-19(3-7-23)32(44)45/h2-10,13-15,22,29H,11-12,16-18H2,1H3,(H,39,40)(H,44,45)/t22-,29-/m0/s1. The average Bonchev–Trinajstić information content (AvgIpc) is 3.77. The van der Waals surface area contributed by atoms with Crippen LogP contribution in [0, 0.1) is 5.82 Å². The number of aromatic nitrogens is 2. The van der Waals surface area contributed by atoms with Gasteiger partial charge in [0.2, 0.25) is 5.88 Å². The number of esters is 1. The van der Waals surface area contributed by atoms with E-state index < -0.39 is 23.8 Å². The number of benzene rings is 2. The molecule has 2 saturated heterocycles. The van der Waals surface area contributed by atoms with Crippen molar-refractivity contribution in [2.24, 2.45) is 4.99 Å². The van der Waals surface area contributed by atoms with Gasteiger partial charge in [-0.1, -0.05) is 17.7 Å². The van der Waals surface area contributed by atoms with Crippen LogP contribution in [-0.2, 0) is 9.53 Å². The molecular formula is C34H29ClFN7O6S. The summed E-state index contributed by atoms with van der Waals surface area (Å²) in [6.07, 6.45) is 3.22. The third-order valence-electron chi connectivity index (χ3n) is 8.60. The predicted molar refractivity (Wildman–Crippen MR) is 182 cm³/mol. The van der Waals surface area contributed by atoms with E-state index in [1.165, 1.54) is 48.8 Å². The lowest BCUT2D eigenvalue weighted by Crippen LogP contribution is -2.53. The number of piperazine rings is 1. The van der Waals surface area contributed by atoms with E-state index in [9.17, 15) is 18.8 Å². The molecular weight excluding hydrogens is 689 g/mol. The third kappa shape index (κ3) is 6.62. The van der Waals surface area contributed by atoms with Crippen molar-refractivity contribution in [2.45, 2.75) is 12.1 Å². The highest BCUT2D eigenvalue weighted by Crippen LogP contribution is 2.37. The van der Waals surface area contributed by atoms with E-state index in [0.717, 1.165) is 0 Å². The number of hydrogen-bond acceptors (Lipinski definition) is 11. The monoisotopic (exact) mass is 717 g/mol. The number of amidine groups is 1. The minimum Gasteiger partial charge on any atom is -0.478 e. The molecule has 7 rings (SSSR count). The van der Waals surface area contributed by atoms with Crippen molar-refractivity contribution in [3.63, 3.8) is 0 Å². The zero-order valence-electron chi connectivity index (χ0n) is 26.5. The number of carboxylic acid groups (broad SMARTS) is 1. The Hall–Kier alpha value is -5.38. The Morgan fingerprint density at radius 1 is 1.10 bits per heavy atom. The lowest BCUT2D eigenvalue weighted by molar-refractivity contribution is -0.136. The van der Waals surface area contributed by atoms with E-state index in [1.807, 2.05) is 10.3 Å². The van der Waals surface area contributed by atoms with Gasteiger partial charge in [0, 0.05) is 66.7 Å². The summed E-state index contributed by atoms with van der Waals surface area (Å²) in [6, 6.07) is 12.2. The molecule has 0 saturated carbocycles. The van der Waals surface area contributed by atoms with Gasteiger partial charge in [-0.15, -0.1) is 11.3 Å². The molecule has 16 heteroatoms. The topological polar surface area (TPSA) is 150 Å². The van der Waals surface area contributed by atoms with Crippen LogP contribution >= 0.6 is 22.9 Å². The molecule has 3 aliphatic heterocycles. The van der Waals surface area contributed by atoms with Crippen LogP contribution in [0.25, 0.3) is 0 Å². The summed E-state index contributed by atoms with van der Waals surface area (Å²) in [5, 5.41) is 15.0. The molecule has 50 heavy (non-hydrogen) atoms. The molecule has 2 aromatic carbocycles. The molecule has 0 unspecified atom stereocenters. The molecule has 2 amide bonds. The molecule has 0 aliphatic carbocycles. The van der Waals surface area contributed by atoms with Gasteiger partial charge in [0.1, 0.15) is 17.6 Å². The van der Waals surface area contributed by atoms with Crippen LogP contribution in [-0.4, -0.2) is 94.6 Å². The van der Waals surface area contributed by atoms with Crippen LogP contribution in [0.1, 0.15) is 27.0 Å². The molecule has 0 bridgehead atoms. The predicted octanol–water partition coefficient (Wildman–Crippen LogP) is 4.97. The van der Waals surface area contributed by atoms with Crippen LogP contribution in [0.3, 0.4) is 0 Å². The number of carbonyl (C=O) groups is 3. The van der Waals surface area contributed by atoms with E-state index in [4.69, 9.17) is 31.2 Å². The smallest absolute Gasteiger partial charge is 0.338 e. The summed E-state index contributed by atoms with van der Waals surface area (Å²) in [6.45, 7) is 2.25. The number of urea groups is 1. The van der Waals surface area contributed by atoms with E-state index in [1.54, 1.807) is 41.6 Å². The van der Waals surface area contributed by atoms with Gasteiger partial charge in [-0.25, -0.2) is 28.7 Å². The lowest BCUT2D eigenvalue weighted by Gasteiger charge is -2.38. The van der Waals surface area contributed by atoms with Gasteiger partial charge in [0.05, 0.1) is 36.2 Å². The minimum absolute atomic E-state index is 0.126. The Kier molecular flexibility index (Phi) is 9.18. The van der Waals surface area contributed by atoms with Crippen molar-refractivity contribution >= 4 is 52.4 Å². The first-order valence-electron chi connectivity index (χ1n) is 15.5. The van der Waals surface area contributed by atoms with Crippen LogP contribution < -0.4 is 15.0 Å². The van der Waals surface area contributed by atoms with E-state index >= 15 is 0 Å². The Bertz CT molecular complexity index is 2010. The Morgan fingerprint density at radius 3 is 2.60 bits per heavy atom. The summed E-state index contributed by atoms with van der Waals surface area (Å²) >= 11 is 7.87. The number of fused-ring (bicyclic) bond motifs is 1. The van der Waals surface area contributed by atoms with Gasteiger partial charge >= 0.3 is 18.0 Å². The Morgan fingerprint density at radius 2 is 1.92 bits per heavy atom. The number of ether oxygens (including phenoxy) is 2. The number of nitrogens with one attached hydrogen (secondary N) is 1. The van der Waals surface area contributed by atoms with Gasteiger partial charge in [-0.05, 0) is 42.5 Å². The number of aliphatic imine (C=N–C) groups is 1. The number of hydrogen-bond donors (Lipinski definition) is 2. The number of thiazole rings is 1. The van der Waals surface area contributed by atoms with Crippen LogP contribution in [0.4, 0.5) is 14.9 Å². The fraction of sp³-hybridized carbons (Fsp3) is 0.235. The summed E-state index contributed by atoms with van der Waals surface area (Å²) in [7, 11) is 1.29. The van der Waals surface area contributed by atoms with Crippen molar-refractivity contribution in [2.75, 3.05) is 44.7 Å². The molecule has 5 heterocycles. The molecule has 2 N–H and O–H groups in total. The maximum atomic E-state index is 14.0. The Balaban J connectivity index is 1.09. The highest BCUT2D eigenvalue weighted by Gasteiger charge is 2.42. The van der Waals surface area contributed by atoms with Gasteiger partial charge in [-0.2, -0.15) is 0 Å². The van der Waals surface area contributed by atoms with Gasteiger partial charge in [-0.3, -0.25) is 14.8 Å². The zero-order chi connectivity index (χ0) is 34.9. The van der Waals surface area contributed by atoms with Crippen LogP contribution in [0.2, 0.25) is 5.02 Å². The number of anilines is 1. The molecule has 2 atom stereocenters. The zero-order valence-corrected chi connectivity index (χ0v) is 28.0. The highest BCUT2D eigenvalue weighted by atomic mass is 35.5. The first-order valence-corrected chi connectivity index (χ1v) is 16.7. The second-order valence-corrected chi connectivity index (χ2v) is 13.0. The maximum absolute atomic E-state index is 14.0. The number of aromatic carboxylic acids is 1. The minimum atomic E-state index is -1.03. The normalized spacial score (nSPS) is 19.2. The van der Waals surface area contributed by atoms with Crippen molar-refractivity contribution in [3.8, 4) is 11.6 Å². The summed E-state index contributed by atoms with van der Waals surface area (Å²) in [5.41, 5.74) is 2.00. The number of nitrogens with zero attached hydrogens (tertiary/aromatic N) is 6. The summed E-state index contributed by atoms with van der Waals surface area (Å²) < 4.78 is 25.0. The summed E-state index contributed by atoms with van der Waals surface area (Å²) in [4.78, 5) is 57.1. The largest absolute Gasteiger partial charge is 0.478 e. The molecule has 256 valence electrons. The van der Waals surface area contributed by atoms with Gasteiger partial charge < -0.3 is 24.8 Å². The van der Waals surface area contributed by atoms with Crippen molar-refractivity contribution in [1.29, 1.82) is 0 Å². The maximum Gasteiger partial charge on any atom is 0.338 e. The van der Waals surface area contributed by atoms with Gasteiger partial charge in [0.25, 0.3) is 0 Å². The quantitative estimate of drug-likeness (QED) is 0.228. The number of pyridine rings is 1. The molecule has 2 aromatic heterocycles. The fourth-order valence-corrected chi connectivity index (χ4v) is 7.06. The molecule has 3 aliphatic rings. The van der Waals surface area contributed by atoms with E-state index in [-0.39, 0.29) is 28.2 Å². The number of carboxylic acids is 1. The first-order chi connectivity index (χ1) is 24.2. The van der Waals surface area contributed by atoms with E-state index in [0.29, 0.717) is 72.1 Å². The SMILES string of the molecule is COC(=O)C1=C(CN2CCN3C(=O)N(c4ccc(Oc5ccc(C(=O)O)cc5)nc4)C[C@@H]3C2)NC(c2nccs2)=N[C@H]1c1ccc(F)cc1Cl. The Labute approximate surface area is 294 Å². The third-order valence-corrected chi connectivity index (χ3v) is 9.71. The number of methoxy groups -OCH3 is 1. The van der Waals surface area contributed by atoms with Crippen molar-refractivity contribution in [3.05, 3.63) is 111 Å². The number of carbonyl (C=O) groups excluding carboxylic acids is 2. The molecule has 0 radical (unpaired) electrons. The van der Waals surface area contributed by atoms with Crippen molar-refractivity contribution in [1.82, 2.24) is 25.1 Å². The second kappa shape index (κ2) is 13.9. The van der Waals surface area contributed by atoms with Crippen LogP contribution in [0.5, 0.6) is 11.6 Å². The van der Waals surface area contributed by atoms with E-state index in [2.05, 4.69) is 20.2 Å². The number of amides is 2. The first kappa shape index (κ1) is 33.1. The molecule has 4 aromatic rings. The lowest BCUT2D eigenvalue weighted by atomic mass is 9.95. The average molecular weight is 718 g/mol. The van der Waals surface area contributed by atoms with Crippen LogP contribution in [0.15, 0.2) is 88.6 Å². The fourth-order valence-electron chi connectivity index (χ4n) is 6.20. The van der Waals surface area contributed by atoms with Gasteiger partial charge in [0.15, 0.2) is 10.8 Å². The molecule has 13 nitrogen and oxygen atoms in total. The summed E-state index contributed by atoms with van der Waals surface area (Å²) in [5.74, 6) is -0.964. The second-order valence-electron chi connectivity index (χ2n) is 11.7. The molecule has 0 spiro atoms. The number of rotatable bonds is 9. The molecule has 2 fully saturated rings. The van der Waals surface area contributed by atoms with Crippen molar-refractivity contribution < 1.29 is 33.4 Å². The number of halogens is 2.